The zero-order valence-electron chi connectivity index (χ0n) is 11.6. The third kappa shape index (κ3) is 4.73. The van der Waals surface area contributed by atoms with Crippen LogP contribution in [0.5, 0.6) is 0 Å². The highest BCUT2D eigenvalue weighted by Crippen LogP contribution is 2.15. The molecule has 1 amide bonds. The molecule has 0 spiro atoms. The highest BCUT2D eigenvalue weighted by atomic mass is 32.2. The van der Waals surface area contributed by atoms with E-state index in [9.17, 15) is 9.90 Å². The van der Waals surface area contributed by atoms with Crippen molar-refractivity contribution in [3.8, 4) is 0 Å². The maximum atomic E-state index is 11.7. The molecule has 2 N–H and O–H groups in total. The number of amides is 1. The quantitative estimate of drug-likeness (QED) is 0.818. The van der Waals surface area contributed by atoms with Crippen molar-refractivity contribution in [2.75, 3.05) is 25.1 Å². The summed E-state index contributed by atoms with van der Waals surface area (Å²) in [6.45, 7) is 2.24. The fourth-order valence-corrected chi connectivity index (χ4v) is 3.27. The van der Waals surface area contributed by atoms with Crippen LogP contribution in [0.1, 0.15) is 18.5 Å². The van der Waals surface area contributed by atoms with Crippen LogP contribution in [0.3, 0.4) is 0 Å². The summed E-state index contributed by atoms with van der Waals surface area (Å²) in [4.78, 5) is 18.1. The molecule has 1 aromatic heterocycles. The first-order valence-corrected chi connectivity index (χ1v) is 9.08. The van der Waals surface area contributed by atoms with E-state index >= 15 is 0 Å². The Hall–Kier alpha value is -0.630. The molecule has 7 heteroatoms. The number of thioether (sulfide) groups is 1. The number of nitrogens with one attached hydrogen (secondary N) is 1. The number of rotatable bonds is 6. The third-order valence-corrected chi connectivity index (χ3v) is 4.66. The van der Waals surface area contributed by atoms with Gasteiger partial charge in [-0.2, -0.15) is 11.8 Å². The lowest BCUT2D eigenvalue weighted by Gasteiger charge is -2.35. The van der Waals surface area contributed by atoms with Crippen molar-refractivity contribution >= 4 is 29.0 Å². The fraction of sp³-hybridized carbons (Fsp3) is 0.692. The summed E-state index contributed by atoms with van der Waals surface area (Å²) in [7, 11) is 0. The monoisotopic (exact) mass is 315 g/mol. The van der Waals surface area contributed by atoms with E-state index in [1.54, 1.807) is 23.1 Å². The Kier molecular flexibility index (Phi) is 6.28. The van der Waals surface area contributed by atoms with Crippen LogP contribution in [0.4, 0.5) is 0 Å². The van der Waals surface area contributed by atoms with Crippen LogP contribution < -0.4 is 5.32 Å². The van der Waals surface area contributed by atoms with Crippen LogP contribution in [0.15, 0.2) is 10.9 Å². The van der Waals surface area contributed by atoms with Gasteiger partial charge in [0.1, 0.15) is 0 Å². The number of carbonyl (C=O) groups excluding carboxylic acids is 1. The molecule has 2 atom stereocenters. The molecule has 0 bridgehead atoms. The number of hydrogen-bond donors (Lipinski definition) is 2. The van der Waals surface area contributed by atoms with E-state index in [-0.39, 0.29) is 11.9 Å². The van der Waals surface area contributed by atoms with Gasteiger partial charge in [0.25, 0.3) is 0 Å². The van der Waals surface area contributed by atoms with Crippen molar-refractivity contribution in [2.24, 2.45) is 0 Å². The lowest BCUT2D eigenvalue weighted by atomic mass is 10.0. The van der Waals surface area contributed by atoms with Crippen molar-refractivity contribution in [1.82, 2.24) is 15.2 Å². The normalized spacial score (nSPS) is 23.7. The SMILES string of the molecule is CSCCC(=O)N[C@@H]1CCN(Cc2cscn2)C[C@H]1O. The van der Waals surface area contributed by atoms with Gasteiger partial charge in [-0.05, 0) is 12.7 Å². The van der Waals surface area contributed by atoms with Gasteiger partial charge in [0.2, 0.25) is 5.91 Å². The van der Waals surface area contributed by atoms with Gasteiger partial charge in [-0.15, -0.1) is 11.3 Å². The Morgan fingerprint density at radius 2 is 2.55 bits per heavy atom. The van der Waals surface area contributed by atoms with Crippen molar-refractivity contribution in [3.05, 3.63) is 16.6 Å². The Morgan fingerprint density at radius 1 is 1.70 bits per heavy atom. The van der Waals surface area contributed by atoms with E-state index in [4.69, 9.17) is 0 Å². The molecule has 1 aliphatic rings. The number of aliphatic hydroxyl groups excluding tert-OH is 1. The van der Waals surface area contributed by atoms with Crippen molar-refractivity contribution < 1.29 is 9.90 Å². The third-order valence-electron chi connectivity index (χ3n) is 3.41. The van der Waals surface area contributed by atoms with Crippen LogP contribution in [0, 0.1) is 0 Å². The highest BCUT2D eigenvalue weighted by Gasteiger charge is 2.28. The number of carbonyl (C=O) groups is 1. The number of aliphatic hydroxyl groups is 1. The lowest BCUT2D eigenvalue weighted by Crippen LogP contribution is -2.53. The number of β-amino-alcohol motifs (C(OH)–C–C–N with tert-alkyl or cyclic N) is 1. The molecule has 0 radical (unpaired) electrons. The van der Waals surface area contributed by atoms with E-state index < -0.39 is 6.10 Å². The van der Waals surface area contributed by atoms with Crippen LogP contribution in [-0.4, -0.2) is 58.1 Å². The van der Waals surface area contributed by atoms with Gasteiger partial charge in [-0.3, -0.25) is 9.69 Å². The standard InChI is InChI=1S/C13H21N3O2S2/c1-19-5-3-13(18)15-11-2-4-16(7-12(11)17)6-10-8-20-9-14-10/h8-9,11-12,17H,2-7H2,1H3,(H,15,18)/t11-,12-/m1/s1. The molecule has 1 saturated heterocycles. The van der Waals surface area contributed by atoms with Gasteiger partial charge in [-0.25, -0.2) is 4.98 Å². The molecule has 0 saturated carbocycles. The van der Waals surface area contributed by atoms with Crippen LogP contribution >= 0.6 is 23.1 Å². The van der Waals surface area contributed by atoms with Gasteiger partial charge in [0.15, 0.2) is 0 Å². The number of aromatic nitrogens is 1. The zero-order valence-corrected chi connectivity index (χ0v) is 13.3. The molecule has 0 unspecified atom stereocenters. The average molecular weight is 315 g/mol. The summed E-state index contributed by atoms with van der Waals surface area (Å²) in [5.41, 5.74) is 2.87. The highest BCUT2D eigenvalue weighted by molar-refractivity contribution is 7.98. The van der Waals surface area contributed by atoms with Gasteiger partial charge >= 0.3 is 0 Å². The smallest absolute Gasteiger partial charge is 0.221 e. The first kappa shape index (κ1) is 15.8. The topological polar surface area (TPSA) is 65.5 Å². The van der Waals surface area contributed by atoms with Gasteiger partial charge in [0, 0.05) is 37.2 Å². The first-order valence-electron chi connectivity index (χ1n) is 6.75. The van der Waals surface area contributed by atoms with Crippen LogP contribution in [0.2, 0.25) is 0 Å². The molecule has 0 aromatic carbocycles. The second-order valence-corrected chi connectivity index (χ2v) is 6.69. The largest absolute Gasteiger partial charge is 0.390 e. The van der Waals surface area contributed by atoms with E-state index in [0.717, 1.165) is 31.0 Å². The lowest BCUT2D eigenvalue weighted by molar-refractivity contribution is -0.123. The molecule has 1 aromatic rings. The van der Waals surface area contributed by atoms with Crippen LogP contribution in [-0.2, 0) is 11.3 Å². The Bertz CT molecular complexity index is 414. The Labute approximate surface area is 127 Å². The average Bonchev–Trinajstić information content (AvgIpc) is 2.92. The number of piperidine rings is 1. The van der Waals surface area contributed by atoms with E-state index in [0.29, 0.717) is 13.0 Å². The zero-order chi connectivity index (χ0) is 14.4. The molecule has 5 nitrogen and oxygen atoms in total. The summed E-state index contributed by atoms with van der Waals surface area (Å²) >= 11 is 3.24. The predicted octanol–water partition coefficient (Wildman–Crippen LogP) is 0.948. The Morgan fingerprint density at radius 3 is 3.20 bits per heavy atom. The first-order chi connectivity index (χ1) is 9.69. The molecular formula is C13H21N3O2S2. The summed E-state index contributed by atoms with van der Waals surface area (Å²) in [5.74, 6) is 0.862. The maximum Gasteiger partial charge on any atom is 0.221 e. The molecule has 112 valence electrons. The molecule has 2 rings (SSSR count). The molecule has 20 heavy (non-hydrogen) atoms. The second-order valence-electron chi connectivity index (χ2n) is 4.99. The predicted molar refractivity (Wildman–Crippen MR) is 82.9 cm³/mol. The minimum absolute atomic E-state index is 0.0383. The van der Waals surface area contributed by atoms with E-state index in [1.807, 2.05) is 17.1 Å². The summed E-state index contributed by atoms with van der Waals surface area (Å²) < 4.78 is 0. The minimum Gasteiger partial charge on any atom is -0.390 e. The number of nitrogens with zero attached hydrogens (tertiary/aromatic N) is 2. The summed E-state index contributed by atoms with van der Waals surface area (Å²) in [5, 5.41) is 15.1. The Balaban J connectivity index is 1.75. The van der Waals surface area contributed by atoms with E-state index in [2.05, 4.69) is 15.2 Å². The second kappa shape index (κ2) is 7.97. The van der Waals surface area contributed by atoms with Crippen LogP contribution in [0.25, 0.3) is 0 Å². The molecule has 1 aliphatic heterocycles. The van der Waals surface area contributed by atoms with Crippen molar-refractivity contribution in [1.29, 1.82) is 0 Å². The molecule has 0 aliphatic carbocycles. The minimum atomic E-state index is -0.499. The molecular weight excluding hydrogens is 294 g/mol. The van der Waals surface area contributed by atoms with Gasteiger partial charge in [-0.1, -0.05) is 0 Å². The number of likely N-dealkylation sites (tertiary alicyclic amines) is 1. The molecule has 2 heterocycles. The summed E-state index contributed by atoms with van der Waals surface area (Å²) in [6, 6.07) is -0.115. The molecule has 1 fully saturated rings. The van der Waals surface area contributed by atoms with E-state index in [1.165, 1.54) is 0 Å². The number of hydrogen-bond acceptors (Lipinski definition) is 6. The van der Waals surface area contributed by atoms with Gasteiger partial charge in [0.05, 0.1) is 23.4 Å². The van der Waals surface area contributed by atoms with Crippen molar-refractivity contribution in [2.45, 2.75) is 31.5 Å². The maximum absolute atomic E-state index is 11.7. The van der Waals surface area contributed by atoms with Gasteiger partial charge < -0.3 is 10.4 Å². The summed E-state index contributed by atoms with van der Waals surface area (Å²) in [6.07, 6.45) is 2.79. The fourth-order valence-electron chi connectivity index (χ4n) is 2.33. The number of thiazole rings is 1. The van der Waals surface area contributed by atoms with Crippen molar-refractivity contribution in [3.63, 3.8) is 0 Å².